The third-order valence-electron chi connectivity index (χ3n) is 17.7. The van der Waals surface area contributed by atoms with Gasteiger partial charge >= 0.3 is 5.97 Å². The molecule has 496 valence electrons. The zero-order valence-electron chi connectivity index (χ0n) is 51.9. The lowest BCUT2D eigenvalue weighted by atomic mass is 9.87. The molecule has 0 bridgehead atoms. The van der Waals surface area contributed by atoms with E-state index in [-0.39, 0.29) is 107 Å². The van der Waals surface area contributed by atoms with Gasteiger partial charge in [-0.1, -0.05) is 19.1 Å². The van der Waals surface area contributed by atoms with E-state index in [1.165, 1.54) is 17.9 Å². The van der Waals surface area contributed by atoms with Gasteiger partial charge in [0.25, 0.3) is 11.8 Å². The van der Waals surface area contributed by atoms with Gasteiger partial charge in [-0.05, 0) is 55.9 Å². The number of hydrogen-bond donors (Lipinski definition) is 5. The first-order chi connectivity index (χ1) is 44.4. The van der Waals surface area contributed by atoms with E-state index < -0.39 is 46.8 Å². The number of piperidine rings is 2. The van der Waals surface area contributed by atoms with Crippen LogP contribution < -0.4 is 21.3 Å². The van der Waals surface area contributed by atoms with E-state index in [1.54, 1.807) is 65.0 Å². The number of likely N-dealkylation sites (tertiary alicyclic amines) is 2. The number of anilines is 1. The molecule has 5 N–H and O–H groups in total. The third kappa shape index (κ3) is 15.9. The van der Waals surface area contributed by atoms with E-state index in [9.17, 15) is 42.3 Å². The van der Waals surface area contributed by atoms with Gasteiger partial charge in [-0.2, -0.15) is 20.4 Å². The summed E-state index contributed by atoms with van der Waals surface area (Å²) < 4.78 is 82.1. The number of amides is 6. The number of benzene rings is 2. The van der Waals surface area contributed by atoms with Gasteiger partial charge in [-0.3, -0.25) is 52.7 Å². The fourth-order valence-electron chi connectivity index (χ4n) is 12.3. The van der Waals surface area contributed by atoms with Crippen LogP contribution in [-0.4, -0.2) is 216 Å². The Balaban J connectivity index is 0.533. The molecule has 1 saturated carbocycles. The summed E-state index contributed by atoms with van der Waals surface area (Å²) in [5, 5.41) is 32.4. The van der Waals surface area contributed by atoms with Crippen LogP contribution in [0.25, 0.3) is 32.9 Å². The number of alkyl halides is 2. The van der Waals surface area contributed by atoms with E-state index in [0.717, 1.165) is 5.52 Å². The van der Waals surface area contributed by atoms with Crippen LogP contribution >= 0.6 is 0 Å². The molecule has 2 saturated heterocycles. The molecule has 2 aliphatic carbocycles. The number of carbonyl (C=O) groups excluding carboxylic acids is 7. The quantitative estimate of drug-likeness (QED) is 0.0298. The number of esters is 1. The number of nitrogens with one attached hydrogen (secondary N) is 5. The van der Waals surface area contributed by atoms with Crippen LogP contribution in [0.1, 0.15) is 91.3 Å². The topological polar surface area (TPSA) is 312 Å². The fraction of sp³-hybridized carbons (Fsp3) is 0.565. The molecule has 0 radical (unpaired) electrons. The van der Waals surface area contributed by atoms with Crippen molar-refractivity contribution >= 4 is 68.9 Å². The highest BCUT2D eigenvalue weighted by Gasteiger charge is 2.78. The van der Waals surface area contributed by atoms with Crippen LogP contribution in [0, 0.1) is 17.2 Å². The van der Waals surface area contributed by atoms with Gasteiger partial charge in [0, 0.05) is 110 Å². The van der Waals surface area contributed by atoms with Crippen molar-refractivity contribution in [3.8, 4) is 11.1 Å². The number of aromatic amines is 1. The number of fused-ring (bicyclic) bond motifs is 4. The molecule has 6 aromatic rings. The lowest BCUT2D eigenvalue weighted by molar-refractivity contribution is -0.141. The largest absolute Gasteiger partial charge is 0.468 e. The Hall–Kier alpha value is -8.32. The number of halogens is 3. The number of carbonyl (C=O) groups is 7. The van der Waals surface area contributed by atoms with E-state index in [1.807, 2.05) is 11.0 Å². The van der Waals surface area contributed by atoms with Gasteiger partial charge in [0.1, 0.15) is 18.9 Å². The van der Waals surface area contributed by atoms with Crippen LogP contribution in [0.5, 0.6) is 0 Å². The van der Waals surface area contributed by atoms with Crippen molar-refractivity contribution in [2.45, 2.75) is 89.1 Å². The molecule has 4 aliphatic rings. The first-order valence-electron chi connectivity index (χ1n) is 31.1. The number of ether oxygens (including phenoxy) is 6. The minimum Gasteiger partial charge on any atom is -0.468 e. The number of aryl methyl sites for hydroxylation is 1. The van der Waals surface area contributed by atoms with Crippen molar-refractivity contribution in [2.75, 3.05) is 124 Å². The predicted molar refractivity (Wildman–Crippen MR) is 325 cm³/mol. The molecule has 4 aromatic heterocycles. The average molecular weight is 1290 g/mol. The van der Waals surface area contributed by atoms with Gasteiger partial charge in [-0.15, -0.1) is 0 Å². The molecule has 10 rings (SSSR count). The first-order valence-corrected chi connectivity index (χ1v) is 31.1. The first kappa shape index (κ1) is 66.6. The van der Waals surface area contributed by atoms with Gasteiger partial charge in [0.2, 0.25) is 29.5 Å². The van der Waals surface area contributed by atoms with Gasteiger partial charge < -0.3 is 59.5 Å². The maximum atomic E-state index is 15.9. The number of H-pyrrole nitrogens is 1. The summed E-state index contributed by atoms with van der Waals surface area (Å²) >= 11 is 0. The zero-order valence-corrected chi connectivity index (χ0v) is 51.9. The smallest absolute Gasteiger partial charge is 0.325 e. The van der Waals surface area contributed by atoms with Gasteiger partial charge in [-0.25, -0.2) is 13.2 Å². The maximum absolute atomic E-state index is 15.9. The normalized spacial score (nSPS) is 18.0. The van der Waals surface area contributed by atoms with Crippen molar-refractivity contribution in [3.05, 3.63) is 77.4 Å². The van der Waals surface area contributed by atoms with E-state index in [2.05, 4.69) is 46.4 Å². The van der Waals surface area contributed by atoms with Crippen molar-refractivity contribution in [3.63, 3.8) is 0 Å². The summed E-state index contributed by atoms with van der Waals surface area (Å²) in [6, 6.07) is 8.58. The molecule has 3 fully saturated rings. The van der Waals surface area contributed by atoms with Crippen molar-refractivity contribution < 1.29 is 75.2 Å². The Bertz CT molecular complexity index is 3610. The Labute approximate surface area is 528 Å². The second-order valence-corrected chi connectivity index (χ2v) is 23.6. The minimum absolute atomic E-state index is 0.00537. The number of aromatic nitrogens is 8. The second kappa shape index (κ2) is 30.4. The van der Waals surface area contributed by atoms with Crippen LogP contribution in [0.3, 0.4) is 0 Å². The second-order valence-electron chi connectivity index (χ2n) is 23.6. The fourth-order valence-corrected chi connectivity index (χ4v) is 12.3. The molecule has 2 aliphatic heterocycles. The Morgan fingerprint density at radius 3 is 2.07 bits per heavy atom. The van der Waals surface area contributed by atoms with Gasteiger partial charge in [0.15, 0.2) is 5.69 Å². The highest BCUT2D eigenvalue weighted by Crippen LogP contribution is 2.70. The SMILES string of the molecule is COC(=O)CNC(=O)CNC(=O)Cn1nc(C2CCN(C(=O)CCC(=O)NCCOCCOCCOCCOCCOCCC(=O)N3CCC(n4cc(NC(=O)c5n[nH]c6c5C[C@H]5C(F)(F)[C@@]5(C)C6)cn4)CC3)CC2)c2c(-c3cc4c(cnn4C)cc3F)cccc21. The van der Waals surface area contributed by atoms with Crippen molar-refractivity contribution in [1.29, 1.82) is 0 Å². The molecular weight excluding hydrogens is 1210 g/mol. The third-order valence-corrected chi connectivity index (χ3v) is 17.7. The maximum Gasteiger partial charge on any atom is 0.325 e. The zero-order chi connectivity index (χ0) is 64.9. The standard InChI is InChI=1S/C62H79F3N14O13/c1-61-32-47-45(31-50(61)62(61,64)65)59(73-72-47)60(86)71-41-34-70-78(37-41)42-11-17-77(18-12-42)55(84)13-19-88-21-23-90-25-27-92-28-26-91-24-22-89-20-14-66-51(80)7-8-54(83)76-15-9-39(10-16-76)58-57-43(44-30-49-40(29-46(44)63)33-69-75(49)2)5-4-6-48(57)79(74-58)38-53(82)67-35-52(81)68-36-56(85)87-3/h4-6,29-30,33-34,37,39,42,50H,7-28,31-32,35-36,38H2,1-3H3,(H,66,80)(H,67,82)(H,68,81)(H,71,86)(H,72,73)/t50-,61+/m1/s1. The molecule has 92 heavy (non-hydrogen) atoms. The van der Waals surface area contributed by atoms with Crippen molar-refractivity contribution in [1.82, 2.24) is 65.3 Å². The molecule has 6 amide bonds. The van der Waals surface area contributed by atoms with E-state index in [0.29, 0.717) is 155 Å². The summed E-state index contributed by atoms with van der Waals surface area (Å²) in [6.07, 6.45) is 7.85. The van der Waals surface area contributed by atoms with Crippen LogP contribution in [-0.2, 0) is 83.6 Å². The Morgan fingerprint density at radius 2 is 1.37 bits per heavy atom. The molecular formula is C62H79F3N14O13. The molecule has 2 aromatic carbocycles. The summed E-state index contributed by atoms with van der Waals surface area (Å²) in [5.74, 6) is -6.81. The molecule has 6 heterocycles. The summed E-state index contributed by atoms with van der Waals surface area (Å²) in [7, 11) is 2.97. The van der Waals surface area contributed by atoms with Crippen LogP contribution in [0.2, 0.25) is 0 Å². The highest BCUT2D eigenvalue weighted by atomic mass is 19.3. The molecule has 27 nitrogen and oxygen atoms in total. The molecule has 30 heteroatoms. The predicted octanol–water partition coefficient (Wildman–Crippen LogP) is 3.62. The number of nitrogens with zero attached hydrogens (tertiary/aromatic N) is 9. The van der Waals surface area contributed by atoms with Crippen molar-refractivity contribution in [2.24, 2.45) is 18.4 Å². The highest BCUT2D eigenvalue weighted by molar-refractivity contribution is 6.04. The molecule has 0 spiro atoms. The number of hydrogen-bond acceptors (Lipinski definition) is 17. The summed E-state index contributed by atoms with van der Waals surface area (Å²) in [5.41, 5.74) is 3.51. The van der Waals surface area contributed by atoms with E-state index in [4.69, 9.17) is 28.8 Å². The molecule has 0 unspecified atom stereocenters. The average Bonchev–Trinajstić information content (AvgIpc) is 1.51. The number of rotatable bonds is 32. The molecule has 2 atom stereocenters. The summed E-state index contributed by atoms with van der Waals surface area (Å²) in [4.78, 5) is 92.5. The van der Waals surface area contributed by atoms with Gasteiger partial charge in [0.05, 0.1) is 127 Å². The minimum atomic E-state index is -2.75. The Morgan fingerprint density at radius 1 is 0.717 bits per heavy atom. The van der Waals surface area contributed by atoms with Crippen LogP contribution in [0.15, 0.2) is 48.9 Å². The van der Waals surface area contributed by atoms with E-state index >= 15 is 4.39 Å². The lowest BCUT2D eigenvalue weighted by Crippen LogP contribution is -2.40. The number of methoxy groups -OCH3 is 1. The monoisotopic (exact) mass is 1280 g/mol. The Kier molecular flexibility index (Phi) is 22.0. The lowest BCUT2D eigenvalue weighted by Gasteiger charge is -2.32. The summed E-state index contributed by atoms with van der Waals surface area (Å²) in [6.45, 7) is 6.07. The van der Waals surface area contributed by atoms with Crippen LogP contribution in [0.4, 0.5) is 18.9 Å².